The molecule has 186 valence electrons. The molecule has 2 heterocycles. The zero-order valence-corrected chi connectivity index (χ0v) is 20.0. The number of aliphatic imine (C=N–C) groups is 1. The van der Waals surface area contributed by atoms with Crippen molar-refractivity contribution in [2.45, 2.75) is 95.5 Å². The van der Waals surface area contributed by atoms with Crippen LogP contribution in [0.25, 0.3) is 0 Å². The van der Waals surface area contributed by atoms with E-state index in [0.29, 0.717) is 29.5 Å². The SMILES string of the molecule is CC(C)(O)[C@H]1C[C@@H]1C(=O)C1NC1CCC1=Nc2ccc(C(F)(F)F)cc2CCC(C2CCC2)C1. The molecule has 3 fully saturated rings. The quantitative estimate of drug-likeness (QED) is 0.501. The van der Waals surface area contributed by atoms with Gasteiger partial charge < -0.3 is 10.4 Å². The number of aliphatic hydroxyl groups is 1. The van der Waals surface area contributed by atoms with Crippen molar-refractivity contribution in [2.75, 3.05) is 0 Å². The topological polar surface area (TPSA) is 71.6 Å². The maximum Gasteiger partial charge on any atom is 0.416 e. The molecule has 5 atom stereocenters. The Kier molecular flexibility index (Phi) is 6.16. The van der Waals surface area contributed by atoms with Gasteiger partial charge in [-0.1, -0.05) is 19.3 Å². The van der Waals surface area contributed by atoms with Crippen molar-refractivity contribution in [3.05, 3.63) is 29.3 Å². The Labute approximate surface area is 199 Å². The molecule has 1 saturated heterocycles. The van der Waals surface area contributed by atoms with Crippen molar-refractivity contribution in [1.82, 2.24) is 5.32 Å². The Morgan fingerprint density at radius 2 is 1.94 bits per heavy atom. The Morgan fingerprint density at radius 3 is 2.56 bits per heavy atom. The van der Waals surface area contributed by atoms with Gasteiger partial charge in [-0.15, -0.1) is 0 Å². The lowest BCUT2D eigenvalue weighted by Crippen LogP contribution is -2.26. The number of alkyl halides is 3. The van der Waals surface area contributed by atoms with Crippen LogP contribution in [-0.2, 0) is 17.4 Å². The molecule has 2 N–H and O–H groups in total. The van der Waals surface area contributed by atoms with Gasteiger partial charge in [-0.2, -0.15) is 13.2 Å². The van der Waals surface area contributed by atoms with Crippen LogP contribution in [0.5, 0.6) is 0 Å². The second-order valence-electron chi connectivity index (χ2n) is 11.5. The number of aryl methyl sites for hydroxylation is 1. The van der Waals surface area contributed by atoms with Gasteiger partial charge >= 0.3 is 6.18 Å². The largest absolute Gasteiger partial charge is 0.416 e. The summed E-state index contributed by atoms with van der Waals surface area (Å²) in [7, 11) is 0. The molecule has 7 heteroatoms. The monoisotopic (exact) mass is 476 g/mol. The lowest BCUT2D eigenvalue weighted by molar-refractivity contribution is -0.137. The number of hydrogen-bond acceptors (Lipinski definition) is 4. The van der Waals surface area contributed by atoms with Gasteiger partial charge in [0.25, 0.3) is 0 Å². The van der Waals surface area contributed by atoms with Gasteiger partial charge in [0.05, 0.1) is 22.9 Å². The molecule has 0 aromatic heterocycles. The highest BCUT2D eigenvalue weighted by atomic mass is 19.4. The standard InChI is InChI=1S/C27H35F3N2O2/c1-26(2,34)21-14-20(21)25(33)24-23(32-24)11-9-19-13-16(15-4-3-5-15)6-7-17-12-18(27(28,29)30)8-10-22(17)31-19/h8,10,12,15-16,20-21,23-24,32,34H,3-7,9,11,13-14H2,1-2H3/t16?,20-,21-,23?,24?/m0/s1. The molecule has 0 spiro atoms. The second-order valence-corrected chi connectivity index (χ2v) is 11.5. The van der Waals surface area contributed by atoms with Crippen LogP contribution in [0.3, 0.4) is 0 Å². The summed E-state index contributed by atoms with van der Waals surface area (Å²) in [6.07, 6.45) is 4.08. The van der Waals surface area contributed by atoms with Gasteiger partial charge in [0.15, 0.2) is 5.78 Å². The number of rotatable bonds is 7. The van der Waals surface area contributed by atoms with E-state index in [-0.39, 0.29) is 29.7 Å². The fourth-order valence-electron chi connectivity index (χ4n) is 6.05. The lowest BCUT2D eigenvalue weighted by atomic mass is 9.71. The van der Waals surface area contributed by atoms with Crippen LogP contribution in [0.1, 0.15) is 76.3 Å². The maximum atomic E-state index is 13.3. The molecule has 5 rings (SSSR count). The molecule has 34 heavy (non-hydrogen) atoms. The molecule has 4 nitrogen and oxygen atoms in total. The van der Waals surface area contributed by atoms with Crippen LogP contribution >= 0.6 is 0 Å². The number of hydrogen-bond donors (Lipinski definition) is 2. The molecule has 3 unspecified atom stereocenters. The molecule has 4 aliphatic rings. The molecule has 0 amide bonds. The minimum atomic E-state index is -4.34. The maximum absolute atomic E-state index is 13.3. The number of benzene rings is 1. The van der Waals surface area contributed by atoms with Crippen molar-refractivity contribution in [1.29, 1.82) is 0 Å². The first-order valence-corrected chi connectivity index (χ1v) is 12.8. The Morgan fingerprint density at radius 1 is 1.18 bits per heavy atom. The lowest BCUT2D eigenvalue weighted by Gasteiger charge is -2.35. The fraction of sp³-hybridized carbons (Fsp3) is 0.704. The Balaban J connectivity index is 1.26. The van der Waals surface area contributed by atoms with E-state index >= 15 is 0 Å². The highest BCUT2D eigenvalue weighted by Gasteiger charge is 2.56. The summed E-state index contributed by atoms with van der Waals surface area (Å²) in [4.78, 5) is 17.6. The third kappa shape index (κ3) is 5.11. The van der Waals surface area contributed by atoms with E-state index in [1.165, 1.54) is 31.4 Å². The van der Waals surface area contributed by atoms with Gasteiger partial charge in [-0.05, 0) is 93.9 Å². The summed E-state index contributed by atoms with van der Waals surface area (Å²) < 4.78 is 39.8. The average Bonchev–Trinajstić information content (AvgIpc) is 3.59. The first-order valence-electron chi connectivity index (χ1n) is 12.8. The van der Waals surface area contributed by atoms with Crippen LogP contribution in [0.4, 0.5) is 18.9 Å². The number of ketones is 1. The van der Waals surface area contributed by atoms with Crippen LogP contribution < -0.4 is 5.32 Å². The van der Waals surface area contributed by atoms with Crippen LogP contribution in [0, 0.1) is 23.7 Å². The fourth-order valence-corrected chi connectivity index (χ4v) is 6.05. The summed E-state index contributed by atoms with van der Waals surface area (Å²) >= 11 is 0. The van der Waals surface area contributed by atoms with Gasteiger partial charge in [0.1, 0.15) is 0 Å². The molecule has 2 aliphatic heterocycles. The average molecular weight is 477 g/mol. The van der Waals surface area contributed by atoms with Crippen molar-refractivity contribution >= 4 is 17.2 Å². The van der Waals surface area contributed by atoms with E-state index in [1.54, 1.807) is 13.8 Å². The number of halogens is 3. The summed E-state index contributed by atoms with van der Waals surface area (Å²) in [6.45, 7) is 3.53. The summed E-state index contributed by atoms with van der Waals surface area (Å²) in [5.74, 6) is 1.35. The van der Waals surface area contributed by atoms with E-state index in [9.17, 15) is 23.1 Å². The van der Waals surface area contributed by atoms with E-state index in [0.717, 1.165) is 43.9 Å². The highest BCUT2D eigenvalue weighted by Crippen LogP contribution is 2.48. The van der Waals surface area contributed by atoms with Crippen molar-refractivity contribution < 1.29 is 23.1 Å². The number of nitrogens with one attached hydrogen (secondary N) is 1. The number of Topliss-reactive ketones (excluding diaryl/α,β-unsaturated/α-hetero) is 1. The first-order chi connectivity index (χ1) is 16.0. The zero-order valence-electron chi connectivity index (χ0n) is 20.0. The zero-order chi connectivity index (χ0) is 24.3. The van der Waals surface area contributed by atoms with Crippen molar-refractivity contribution in [3.63, 3.8) is 0 Å². The van der Waals surface area contributed by atoms with Crippen molar-refractivity contribution in [3.8, 4) is 0 Å². The third-order valence-corrected chi connectivity index (χ3v) is 8.58. The smallest absolute Gasteiger partial charge is 0.390 e. The molecule has 2 aliphatic carbocycles. The summed E-state index contributed by atoms with van der Waals surface area (Å²) in [6, 6.07) is 3.95. The van der Waals surface area contributed by atoms with E-state index in [4.69, 9.17) is 4.99 Å². The van der Waals surface area contributed by atoms with Gasteiger partial charge in [0, 0.05) is 17.7 Å². The predicted molar refractivity (Wildman–Crippen MR) is 125 cm³/mol. The number of fused-ring (bicyclic) bond motifs is 1. The molecule has 2 saturated carbocycles. The third-order valence-electron chi connectivity index (χ3n) is 8.58. The predicted octanol–water partition coefficient (Wildman–Crippen LogP) is 5.63. The van der Waals surface area contributed by atoms with Crippen LogP contribution in [-0.4, -0.2) is 34.3 Å². The molecule has 0 bridgehead atoms. The van der Waals surface area contributed by atoms with E-state index in [2.05, 4.69) is 5.32 Å². The summed E-state index contributed by atoms with van der Waals surface area (Å²) in [5, 5.41) is 13.5. The highest BCUT2D eigenvalue weighted by molar-refractivity contribution is 5.92. The first kappa shape index (κ1) is 24.0. The number of nitrogens with zero attached hydrogens (tertiary/aromatic N) is 1. The number of carbonyl (C=O) groups is 1. The normalized spacial score (nSPS) is 31.6. The van der Waals surface area contributed by atoms with Gasteiger partial charge in [0.2, 0.25) is 0 Å². The Hall–Kier alpha value is -1.73. The van der Waals surface area contributed by atoms with Gasteiger partial charge in [-0.3, -0.25) is 9.79 Å². The molecule has 1 aromatic carbocycles. The van der Waals surface area contributed by atoms with Crippen molar-refractivity contribution in [2.24, 2.45) is 28.7 Å². The van der Waals surface area contributed by atoms with E-state index in [1.807, 2.05) is 0 Å². The molecular formula is C27H35F3N2O2. The minimum Gasteiger partial charge on any atom is -0.390 e. The van der Waals surface area contributed by atoms with Crippen LogP contribution in [0.2, 0.25) is 0 Å². The minimum absolute atomic E-state index is 0.0427. The van der Waals surface area contributed by atoms with Gasteiger partial charge in [-0.25, -0.2) is 0 Å². The van der Waals surface area contributed by atoms with Crippen LogP contribution in [0.15, 0.2) is 23.2 Å². The summed E-state index contributed by atoms with van der Waals surface area (Å²) in [5.41, 5.74) is 1.00. The molecular weight excluding hydrogens is 441 g/mol. The molecule has 0 radical (unpaired) electrons. The second kappa shape index (κ2) is 8.74. The van der Waals surface area contributed by atoms with E-state index < -0.39 is 17.3 Å². The molecule has 1 aromatic rings. The number of carbonyl (C=O) groups excluding carboxylic acids is 1. The Bertz CT molecular complexity index is 977.